The SMILES string of the molecule is CC(C)(C)NCCc1nc(CSc2ccccc2Cl)no1. The van der Waals surface area contributed by atoms with E-state index in [1.807, 2.05) is 24.3 Å². The van der Waals surface area contributed by atoms with Crippen LogP contribution in [0.25, 0.3) is 0 Å². The van der Waals surface area contributed by atoms with Gasteiger partial charge in [0.1, 0.15) is 0 Å². The molecule has 0 bridgehead atoms. The molecule has 0 aliphatic heterocycles. The largest absolute Gasteiger partial charge is 0.339 e. The zero-order valence-corrected chi connectivity index (χ0v) is 14.1. The Balaban J connectivity index is 1.82. The molecule has 0 aliphatic rings. The van der Waals surface area contributed by atoms with Crippen molar-refractivity contribution in [1.29, 1.82) is 0 Å². The van der Waals surface area contributed by atoms with Crippen LogP contribution >= 0.6 is 23.4 Å². The highest BCUT2D eigenvalue weighted by atomic mass is 35.5. The molecule has 1 aromatic carbocycles. The average Bonchev–Trinajstić information content (AvgIpc) is 2.84. The molecule has 0 saturated carbocycles. The van der Waals surface area contributed by atoms with E-state index in [-0.39, 0.29) is 5.54 Å². The fraction of sp³-hybridized carbons (Fsp3) is 0.467. The van der Waals surface area contributed by atoms with E-state index in [4.69, 9.17) is 16.1 Å². The molecule has 4 nitrogen and oxygen atoms in total. The van der Waals surface area contributed by atoms with E-state index < -0.39 is 0 Å². The van der Waals surface area contributed by atoms with Gasteiger partial charge in [-0.25, -0.2) is 0 Å². The summed E-state index contributed by atoms with van der Waals surface area (Å²) in [6.45, 7) is 7.22. The lowest BCUT2D eigenvalue weighted by molar-refractivity contribution is 0.359. The monoisotopic (exact) mass is 325 g/mol. The van der Waals surface area contributed by atoms with Gasteiger partial charge in [0.2, 0.25) is 5.89 Å². The zero-order chi connectivity index (χ0) is 15.3. The van der Waals surface area contributed by atoms with Gasteiger partial charge in [-0.2, -0.15) is 4.98 Å². The highest BCUT2D eigenvalue weighted by molar-refractivity contribution is 7.98. The minimum atomic E-state index is 0.1000. The summed E-state index contributed by atoms with van der Waals surface area (Å²) in [5, 5.41) is 8.14. The second-order valence-corrected chi connectivity index (χ2v) is 7.17. The third-order valence-corrected chi connectivity index (χ3v) is 4.21. The molecule has 0 fully saturated rings. The number of hydrogen-bond donors (Lipinski definition) is 1. The maximum atomic E-state index is 6.11. The Morgan fingerprint density at radius 2 is 2.05 bits per heavy atom. The van der Waals surface area contributed by atoms with Crippen molar-refractivity contribution in [1.82, 2.24) is 15.5 Å². The molecule has 1 aromatic heterocycles. The van der Waals surface area contributed by atoms with Crippen LogP contribution in [0.2, 0.25) is 5.02 Å². The van der Waals surface area contributed by atoms with Crippen LogP contribution in [0.5, 0.6) is 0 Å². The summed E-state index contributed by atoms with van der Waals surface area (Å²) in [6.07, 6.45) is 0.737. The normalized spacial score (nSPS) is 11.8. The van der Waals surface area contributed by atoms with Crippen LogP contribution in [0.3, 0.4) is 0 Å². The molecule has 21 heavy (non-hydrogen) atoms. The minimum Gasteiger partial charge on any atom is -0.339 e. The summed E-state index contributed by atoms with van der Waals surface area (Å²) >= 11 is 7.72. The van der Waals surface area contributed by atoms with Crippen LogP contribution in [0.15, 0.2) is 33.7 Å². The van der Waals surface area contributed by atoms with Crippen molar-refractivity contribution in [2.24, 2.45) is 0 Å². The van der Waals surface area contributed by atoms with Crippen molar-refractivity contribution in [2.75, 3.05) is 6.54 Å². The standard InChI is InChI=1S/C15H20ClN3OS/c1-15(2,3)17-9-8-14-18-13(19-20-14)10-21-12-7-5-4-6-11(12)16/h4-7,17H,8-10H2,1-3H3. The number of halogens is 1. The first kappa shape index (κ1) is 16.3. The van der Waals surface area contributed by atoms with Gasteiger partial charge in [-0.3, -0.25) is 0 Å². The molecule has 2 rings (SSSR count). The topological polar surface area (TPSA) is 51.0 Å². The first-order valence-electron chi connectivity index (χ1n) is 6.88. The first-order valence-corrected chi connectivity index (χ1v) is 8.24. The van der Waals surface area contributed by atoms with Crippen LogP contribution in [-0.2, 0) is 12.2 Å². The Morgan fingerprint density at radius 3 is 2.76 bits per heavy atom. The van der Waals surface area contributed by atoms with Gasteiger partial charge in [-0.15, -0.1) is 11.8 Å². The summed E-state index contributed by atoms with van der Waals surface area (Å²) in [4.78, 5) is 5.42. The number of nitrogens with zero attached hydrogens (tertiary/aromatic N) is 2. The Hall–Kier alpha value is -1.04. The molecule has 1 heterocycles. The van der Waals surface area contributed by atoms with E-state index in [1.54, 1.807) is 11.8 Å². The van der Waals surface area contributed by atoms with E-state index in [2.05, 4.69) is 36.2 Å². The maximum Gasteiger partial charge on any atom is 0.227 e. The first-order chi connectivity index (χ1) is 9.94. The summed E-state index contributed by atoms with van der Waals surface area (Å²) in [6, 6.07) is 7.75. The van der Waals surface area contributed by atoms with Crippen molar-refractivity contribution < 1.29 is 4.52 Å². The Bertz CT molecular complexity index is 580. The lowest BCUT2D eigenvalue weighted by Gasteiger charge is -2.19. The van der Waals surface area contributed by atoms with Crippen LogP contribution in [0.1, 0.15) is 32.5 Å². The molecule has 6 heteroatoms. The van der Waals surface area contributed by atoms with Crippen molar-refractivity contribution in [3.63, 3.8) is 0 Å². The predicted octanol–water partition coefficient (Wildman–Crippen LogP) is 3.95. The van der Waals surface area contributed by atoms with Crippen molar-refractivity contribution in [3.8, 4) is 0 Å². The molecule has 114 valence electrons. The molecule has 0 saturated heterocycles. The molecule has 0 radical (unpaired) electrons. The van der Waals surface area contributed by atoms with E-state index in [0.29, 0.717) is 17.5 Å². The second kappa shape index (κ2) is 7.29. The third kappa shape index (κ3) is 5.69. The molecule has 0 aliphatic carbocycles. The molecule has 2 aromatic rings. The summed E-state index contributed by atoms with van der Waals surface area (Å²) in [7, 11) is 0. The molecular formula is C15H20ClN3OS. The van der Waals surface area contributed by atoms with E-state index >= 15 is 0 Å². The second-order valence-electron chi connectivity index (χ2n) is 5.75. The number of aromatic nitrogens is 2. The van der Waals surface area contributed by atoms with Gasteiger partial charge in [0.15, 0.2) is 5.82 Å². The van der Waals surface area contributed by atoms with Gasteiger partial charge in [-0.1, -0.05) is 28.9 Å². The molecular weight excluding hydrogens is 306 g/mol. The number of hydrogen-bond acceptors (Lipinski definition) is 5. The predicted molar refractivity (Wildman–Crippen MR) is 86.8 cm³/mol. The molecule has 0 spiro atoms. The third-order valence-electron chi connectivity index (χ3n) is 2.70. The number of benzene rings is 1. The van der Waals surface area contributed by atoms with Crippen LogP contribution in [-0.4, -0.2) is 22.2 Å². The smallest absolute Gasteiger partial charge is 0.227 e. The molecule has 0 atom stereocenters. The summed E-state index contributed by atoms with van der Waals surface area (Å²) in [5.41, 5.74) is 0.1000. The number of nitrogens with one attached hydrogen (secondary N) is 1. The quantitative estimate of drug-likeness (QED) is 0.815. The van der Waals surface area contributed by atoms with E-state index in [0.717, 1.165) is 22.9 Å². The number of rotatable bonds is 6. The fourth-order valence-electron chi connectivity index (χ4n) is 1.70. The molecule has 0 amide bonds. The lowest BCUT2D eigenvalue weighted by atomic mass is 10.1. The minimum absolute atomic E-state index is 0.1000. The van der Waals surface area contributed by atoms with Gasteiger partial charge in [0.05, 0.1) is 10.8 Å². The van der Waals surface area contributed by atoms with Gasteiger partial charge < -0.3 is 9.84 Å². The number of thioether (sulfide) groups is 1. The van der Waals surface area contributed by atoms with E-state index in [9.17, 15) is 0 Å². The Labute approximate surface area is 134 Å². The van der Waals surface area contributed by atoms with Crippen molar-refractivity contribution >= 4 is 23.4 Å². The van der Waals surface area contributed by atoms with Crippen LogP contribution in [0.4, 0.5) is 0 Å². The van der Waals surface area contributed by atoms with Crippen LogP contribution in [0, 0.1) is 0 Å². The summed E-state index contributed by atoms with van der Waals surface area (Å²) in [5.74, 6) is 2.02. The fourth-order valence-corrected chi connectivity index (χ4v) is 2.78. The molecule has 1 N–H and O–H groups in total. The van der Waals surface area contributed by atoms with E-state index in [1.165, 1.54) is 0 Å². The van der Waals surface area contributed by atoms with Crippen LogP contribution < -0.4 is 5.32 Å². The highest BCUT2D eigenvalue weighted by Gasteiger charge is 2.11. The Morgan fingerprint density at radius 1 is 1.29 bits per heavy atom. The van der Waals surface area contributed by atoms with Gasteiger partial charge >= 0.3 is 0 Å². The zero-order valence-electron chi connectivity index (χ0n) is 12.5. The van der Waals surface area contributed by atoms with Crippen molar-refractivity contribution in [2.45, 2.75) is 43.4 Å². The van der Waals surface area contributed by atoms with Crippen molar-refractivity contribution in [3.05, 3.63) is 41.0 Å². The van der Waals surface area contributed by atoms with Gasteiger partial charge in [0.25, 0.3) is 0 Å². The maximum absolute atomic E-state index is 6.11. The van der Waals surface area contributed by atoms with Gasteiger partial charge in [0, 0.05) is 23.4 Å². The highest BCUT2D eigenvalue weighted by Crippen LogP contribution is 2.28. The molecule has 0 unspecified atom stereocenters. The van der Waals surface area contributed by atoms with Gasteiger partial charge in [-0.05, 0) is 32.9 Å². The Kier molecular flexibility index (Phi) is 5.67. The summed E-state index contributed by atoms with van der Waals surface area (Å²) < 4.78 is 5.25. The average molecular weight is 326 g/mol. The lowest BCUT2D eigenvalue weighted by Crippen LogP contribution is -2.37.